The molecule has 0 fully saturated rings. The molecule has 6 nitrogen and oxygen atoms in total. The van der Waals surface area contributed by atoms with Gasteiger partial charge in [0.25, 0.3) is 0 Å². The van der Waals surface area contributed by atoms with Crippen LogP contribution in [0.5, 0.6) is 0 Å². The summed E-state index contributed by atoms with van der Waals surface area (Å²) in [6.45, 7) is 8.70. The fourth-order valence-electron chi connectivity index (χ4n) is 17.0. The van der Waals surface area contributed by atoms with Gasteiger partial charge in [-0.05, 0) is 204 Å². The summed E-state index contributed by atoms with van der Waals surface area (Å²) in [5.74, 6) is 0.265. The largest absolute Gasteiger partial charge is 0.333 e. The lowest BCUT2D eigenvalue weighted by Gasteiger charge is -2.31. The van der Waals surface area contributed by atoms with Crippen molar-refractivity contribution in [3.8, 4) is 84.7 Å². The van der Waals surface area contributed by atoms with Crippen molar-refractivity contribution in [2.24, 2.45) is 5.92 Å². The van der Waals surface area contributed by atoms with Gasteiger partial charge in [0.1, 0.15) is 0 Å². The predicted octanol–water partition coefficient (Wildman–Crippen LogP) is 25.8. The van der Waals surface area contributed by atoms with Crippen LogP contribution in [0, 0.1) is 19.8 Å². The summed E-state index contributed by atoms with van der Waals surface area (Å²) in [4.78, 5) is 2.52. The SMILES string of the molecule is CCc1ccc(-n2c(-c3ccccc3)cc3cc4c(cc(-c5ccccc5)n4-c4ccc(CC)cc4)cc32)cc1.Cc1ccc(N2C(c3ccccc3)=CC3C=c4c(cc(-c5ccccc5)n4-c4ccc(C)cc4)=CC32)cc1.c1ccc(-c2cc3cc4c(cc(-c5ccccc5)n4-c4ccccc4)cc3n2-c2ccccc2)cc1. The molecule has 0 amide bonds. The molecule has 0 radical (unpaired) electrons. The molecule has 0 saturated heterocycles. The van der Waals surface area contributed by atoms with E-state index in [1.54, 1.807) is 0 Å². The van der Waals surface area contributed by atoms with Gasteiger partial charge in [-0.1, -0.05) is 310 Å². The molecule has 2 unspecified atom stereocenters. The van der Waals surface area contributed by atoms with Gasteiger partial charge in [-0.3, -0.25) is 0 Å². The summed E-state index contributed by atoms with van der Waals surface area (Å²) in [7, 11) is 0. The Kier molecular flexibility index (Phi) is 18.8. The van der Waals surface area contributed by atoms with Crippen molar-refractivity contribution >= 4 is 67.1 Å². The fraction of sp³-hybridized carbons (Fsp3) is 0.0741. The highest BCUT2D eigenvalue weighted by Crippen LogP contribution is 2.44. The molecule has 6 heterocycles. The molecule has 6 heteroatoms. The quantitative estimate of drug-likeness (QED) is 0.107. The minimum Gasteiger partial charge on any atom is -0.333 e. The molecule has 0 N–H and O–H groups in total. The van der Waals surface area contributed by atoms with E-state index in [0.717, 1.165) is 24.2 Å². The van der Waals surface area contributed by atoms with Gasteiger partial charge in [-0.25, -0.2) is 0 Å². The first-order valence-corrected chi connectivity index (χ1v) is 39.9. The van der Waals surface area contributed by atoms with Crippen molar-refractivity contribution in [1.29, 1.82) is 0 Å². The minimum atomic E-state index is 0.220. The smallest absolute Gasteiger partial charge is 0.0630 e. The van der Waals surface area contributed by atoms with Crippen molar-refractivity contribution in [3.05, 3.63) is 439 Å². The van der Waals surface area contributed by atoms with Crippen LogP contribution in [0.15, 0.2) is 400 Å². The van der Waals surface area contributed by atoms with E-state index < -0.39 is 0 Å². The van der Waals surface area contributed by atoms with Crippen molar-refractivity contribution in [3.63, 3.8) is 0 Å². The van der Waals surface area contributed by atoms with Crippen LogP contribution in [0.2, 0.25) is 0 Å². The van der Waals surface area contributed by atoms with Crippen molar-refractivity contribution in [2.45, 2.75) is 46.6 Å². The molecule has 548 valence electrons. The molecule has 0 spiro atoms. The van der Waals surface area contributed by atoms with Crippen LogP contribution in [0.25, 0.3) is 146 Å². The van der Waals surface area contributed by atoms with E-state index in [4.69, 9.17) is 0 Å². The van der Waals surface area contributed by atoms with Crippen LogP contribution in [-0.2, 0) is 12.8 Å². The average Bonchev–Trinajstić information content (AvgIpc) is 1.59. The number of rotatable bonds is 14. The van der Waals surface area contributed by atoms with Gasteiger partial charge in [-0.2, -0.15) is 0 Å². The first-order chi connectivity index (χ1) is 56.2. The lowest BCUT2D eigenvalue weighted by Crippen LogP contribution is -2.41. The third-order valence-electron chi connectivity index (χ3n) is 22.8. The molecule has 0 bridgehead atoms. The van der Waals surface area contributed by atoms with E-state index in [2.05, 4.69) is 468 Å². The molecule has 0 saturated carbocycles. The minimum absolute atomic E-state index is 0.220. The Balaban J connectivity index is 0.000000115. The normalized spacial score (nSPS) is 13.5. The van der Waals surface area contributed by atoms with Gasteiger partial charge < -0.3 is 27.7 Å². The third kappa shape index (κ3) is 13.4. The predicted molar refractivity (Wildman–Crippen MR) is 480 cm³/mol. The summed E-state index contributed by atoms with van der Waals surface area (Å²) in [6.07, 6.45) is 9.47. The van der Waals surface area contributed by atoms with Gasteiger partial charge in [0.15, 0.2) is 0 Å². The van der Waals surface area contributed by atoms with Gasteiger partial charge in [0.05, 0.1) is 56.6 Å². The molecule has 2 atom stereocenters. The van der Waals surface area contributed by atoms with Crippen LogP contribution in [0.4, 0.5) is 5.69 Å². The highest BCUT2D eigenvalue weighted by Gasteiger charge is 2.36. The van der Waals surface area contributed by atoms with Crippen LogP contribution in [-0.4, -0.2) is 28.9 Å². The Morgan fingerprint density at radius 3 is 0.833 bits per heavy atom. The maximum absolute atomic E-state index is 2.52. The second-order valence-corrected chi connectivity index (χ2v) is 30.0. The lowest BCUT2D eigenvalue weighted by molar-refractivity contribution is 0.757. The van der Waals surface area contributed by atoms with E-state index in [1.165, 1.54) is 167 Å². The van der Waals surface area contributed by atoms with Crippen LogP contribution in [0.3, 0.4) is 0 Å². The second kappa shape index (κ2) is 30.6. The number of aryl methyl sites for hydroxylation is 4. The first-order valence-electron chi connectivity index (χ1n) is 39.9. The number of benzene rings is 14. The van der Waals surface area contributed by atoms with Gasteiger partial charge >= 0.3 is 0 Å². The molecule has 114 heavy (non-hydrogen) atoms. The maximum atomic E-state index is 2.52. The summed E-state index contributed by atoms with van der Waals surface area (Å²) >= 11 is 0. The number of aromatic nitrogens is 5. The maximum Gasteiger partial charge on any atom is 0.0630 e. The number of hydrogen-bond donors (Lipinski definition) is 0. The van der Waals surface area contributed by atoms with Crippen molar-refractivity contribution in [2.75, 3.05) is 4.90 Å². The lowest BCUT2D eigenvalue weighted by atomic mass is 9.96. The molecule has 5 aromatic heterocycles. The molecular formula is C108H86N6. The first kappa shape index (κ1) is 70.2. The summed E-state index contributed by atoms with van der Waals surface area (Å²) in [5, 5.41) is 7.46. The van der Waals surface area contributed by atoms with Crippen molar-refractivity contribution < 1.29 is 0 Å². The molecular weight excluding hydrogens is 1380 g/mol. The number of anilines is 1. The van der Waals surface area contributed by atoms with E-state index in [1.807, 2.05) is 0 Å². The highest BCUT2D eigenvalue weighted by atomic mass is 15.2. The highest BCUT2D eigenvalue weighted by molar-refractivity contribution is 6.04. The van der Waals surface area contributed by atoms with Crippen LogP contribution < -0.4 is 15.5 Å². The summed E-state index contributed by atoms with van der Waals surface area (Å²) < 4.78 is 12.0. The zero-order chi connectivity index (χ0) is 76.6. The summed E-state index contributed by atoms with van der Waals surface area (Å²) in [5.41, 5.74) is 31.8. The Hall–Kier alpha value is -14.2. The topological polar surface area (TPSA) is 27.9 Å². The second-order valence-electron chi connectivity index (χ2n) is 30.0. The van der Waals surface area contributed by atoms with E-state index in [-0.39, 0.29) is 12.0 Å². The molecule has 21 rings (SSSR count). The molecule has 2 aliphatic rings. The molecule has 1 aliphatic carbocycles. The summed E-state index contributed by atoms with van der Waals surface area (Å²) in [6, 6.07) is 143. The third-order valence-corrected chi connectivity index (χ3v) is 22.8. The van der Waals surface area contributed by atoms with Gasteiger partial charge in [0, 0.05) is 72.6 Å². The zero-order valence-electron chi connectivity index (χ0n) is 64.5. The van der Waals surface area contributed by atoms with Crippen LogP contribution >= 0.6 is 0 Å². The standard InChI is InChI=1S/C38H32N2.C36H30N2.C34H24N2/c1-3-27-15-19-33(20-16-27)39-35(29-11-7-5-8-12-29)23-31-26-38-32(25-37(31)39)24-36(30-13-9-6-10-14-30)40(38)34-21-17-28(4-2)18-22-34;1-25-13-17-31(18-14-25)37-33(27-9-5-3-6-10-27)21-29-24-36-30(23-35(29)37)22-34(28-11-7-4-8-12-28)38(36)32-19-15-26(2)16-20-32;1-5-13-25(14-6-1)31-21-27-23-34-28(24-33(27)35(31)29-17-9-3-10-18-29)22-32(26-15-7-2-8-16-26)36(34)30-19-11-4-12-20-30/h5-26H,3-4H2,1-2H3;3-24,29,35H,1-2H3;1-24H. The van der Waals surface area contributed by atoms with E-state index in [0.29, 0.717) is 0 Å². The van der Waals surface area contributed by atoms with Crippen LogP contribution in [0.1, 0.15) is 41.7 Å². The zero-order valence-corrected chi connectivity index (χ0v) is 64.5. The van der Waals surface area contributed by atoms with Gasteiger partial charge in [0.2, 0.25) is 0 Å². The molecule has 1 aliphatic heterocycles. The van der Waals surface area contributed by atoms with E-state index >= 15 is 0 Å². The number of para-hydroxylation sites is 2. The van der Waals surface area contributed by atoms with E-state index in [9.17, 15) is 0 Å². The Morgan fingerprint density at radius 1 is 0.237 bits per heavy atom. The number of nitrogens with zero attached hydrogens (tertiary/aromatic N) is 6. The number of hydrogen-bond acceptors (Lipinski definition) is 1. The monoisotopic (exact) mass is 1470 g/mol. The number of fused-ring (bicyclic) bond motifs is 6. The average molecular weight is 1470 g/mol. The Bertz CT molecular complexity index is 6510. The molecule has 14 aromatic carbocycles. The fourth-order valence-corrected chi connectivity index (χ4v) is 17.0. The Morgan fingerprint density at radius 2 is 0.509 bits per heavy atom. The Labute approximate surface area is 666 Å². The van der Waals surface area contributed by atoms with Crippen molar-refractivity contribution in [1.82, 2.24) is 22.8 Å². The molecule has 19 aromatic rings. The van der Waals surface area contributed by atoms with Gasteiger partial charge in [-0.15, -0.1) is 0 Å².